The van der Waals surface area contributed by atoms with Crippen LogP contribution in [-0.2, 0) is 11.2 Å². The minimum atomic E-state index is -1.32. The van der Waals surface area contributed by atoms with Gasteiger partial charge in [-0.3, -0.25) is 10.9 Å². The standard InChI is InChI=1S/C8H10N4OS/c13-14(11-7-3-1-5-9-11)12-8-4-2-6-10-12/h1-10H. The van der Waals surface area contributed by atoms with Gasteiger partial charge in [-0.1, -0.05) is 0 Å². The third-order valence-corrected chi connectivity index (χ3v) is 2.72. The average Bonchev–Trinajstić information content (AvgIpc) is 2.30. The highest BCUT2D eigenvalue weighted by atomic mass is 32.2. The topological polar surface area (TPSA) is 47.6 Å². The van der Waals surface area contributed by atoms with Crippen molar-refractivity contribution in [2.24, 2.45) is 0 Å². The van der Waals surface area contributed by atoms with Gasteiger partial charge in [0.1, 0.15) is 0 Å². The van der Waals surface area contributed by atoms with E-state index in [9.17, 15) is 4.21 Å². The second kappa shape index (κ2) is 4.01. The van der Waals surface area contributed by atoms with Crippen LogP contribution in [0.25, 0.3) is 0 Å². The molecule has 0 unspecified atom stereocenters. The summed E-state index contributed by atoms with van der Waals surface area (Å²) in [6.45, 7) is 0. The Balaban J connectivity index is 2.01. The molecule has 0 spiro atoms. The van der Waals surface area contributed by atoms with Gasteiger partial charge in [-0.2, -0.15) is 8.83 Å². The van der Waals surface area contributed by atoms with Crippen LogP contribution in [0.4, 0.5) is 0 Å². The van der Waals surface area contributed by atoms with E-state index in [1.807, 2.05) is 12.2 Å². The summed E-state index contributed by atoms with van der Waals surface area (Å²) in [5.74, 6) is 0. The van der Waals surface area contributed by atoms with Crippen LogP contribution in [0.1, 0.15) is 0 Å². The summed E-state index contributed by atoms with van der Waals surface area (Å²) in [5, 5.41) is 0. The number of nitrogens with one attached hydrogen (secondary N) is 2. The van der Waals surface area contributed by atoms with Crippen LogP contribution in [0.2, 0.25) is 0 Å². The molecule has 0 aromatic heterocycles. The van der Waals surface area contributed by atoms with E-state index in [1.54, 1.807) is 37.0 Å². The van der Waals surface area contributed by atoms with Crippen molar-refractivity contribution in [3.63, 3.8) is 0 Å². The summed E-state index contributed by atoms with van der Waals surface area (Å²) < 4.78 is 14.8. The number of rotatable bonds is 2. The maximum atomic E-state index is 11.8. The van der Waals surface area contributed by atoms with E-state index in [2.05, 4.69) is 10.9 Å². The minimum absolute atomic E-state index is 1.32. The van der Waals surface area contributed by atoms with E-state index in [-0.39, 0.29) is 0 Å². The first-order valence-corrected chi connectivity index (χ1v) is 5.14. The zero-order chi connectivity index (χ0) is 9.80. The smallest absolute Gasteiger partial charge is 0.263 e. The summed E-state index contributed by atoms with van der Waals surface area (Å²) in [5.41, 5.74) is 5.68. The van der Waals surface area contributed by atoms with E-state index >= 15 is 0 Å². The van der Waals surface area contributed by atoms with Crippen molar-refractivity contribution in [3.8, 4) is 0 Å². The third kappa shape index (κ3) is 1.80. The lowest BCUT2D eigenvalue weighted by Crippen LogP contribution is -2.44. The Morgan fingerprint density at radius 1 is 0.857 bits per heavy atom. The molecule has 0 atom stereocenters. The molecule has 0 amide bonds. The van der Waals surface area contributed by atoms with Crippen molar-refractivity contribution in [1.29, 1.82) is 0 Å². The van der Waals surface area contributed by atoms with Gasteiger partial charge in [0.05, 0.1) is 0 Å². The van der Waals surface area contributed by atoms with Crippen molar-refractivity contribution in [2.45, 2.75) is 0 Å². The van der Waals surface area contributed by atoms with Crippen LogP contribution in [-0.4, -0.2) is 13.0 Å². The molecule has 0 bridgehead atoms. The molecule has 0 aromatic rings. The van der Waals surface area contributed by atoms with Gasteiger partial charge in [-0.15, -0.1) is 0 Å². The average molecular weight is 210 g/mol. The zero-order valence-corrected chi connectivity index (χ0v) is 8.15. The van der Waals surface area contributed by atoms with Gasteiger partial charge in [0.25, 0.3) is 11.2 Å². The Bertz CT molecular complexity index is 315. The summed E-state index contributed by atoms with van der Waals surface area (Å²) >= 11 is -1.32. The molecule has 0 saturated carbocycles. The Morgan fingerprint density at radius 3 is 1.71 bits per heavy atom. The number of hydrazine groups is 2. The Labute approximate surface area is 84.7 Å². The quantitative estimate of drug-likeness (QED) is 0.687. The number of nitrogens with zero attached hydrogens (tertiary/aromatic N) is 2. The van der Waals surface area contributed by atoms with Crippen LogP contribution in [0, 0.1) is 0 Å². The third-order valence-electron chi connectivity index (χ3n) is 1.60. The van der Waals surface area contributed by atoms with E-state index in [0.29, 0.717) is 0 Å². The fourth-order valence-corrected chi connectivity index (χ4v) is 1.82. The molecule has 74 valence electrons. The van der Waals surface area contributed by atoms with Gasteiger partial charge in [-0.25, -0.2) is 4.21 Å². The van der Waals surface area contributed by atoms with Crippen LogP contribution >= 0.6 is 0 Å². The highest BCUT2D eigenvalue weighted by Crippen LogP contribution is 2.04. The monoisotopic (exact) mass is 210 g/mol. The number of allylic oxidation sites excluding steroid dienone is 4. The van der Waals surface area contributed by atoms with Crippen LogP contribution in [0.3, 0.4) is 0 Å². The maximum absolute atomic E-state index is 11.8. The maximum Gasteiger partial charge on any atom is 0.263 e. The SMILES string of the molecule is O=S(N1C=CC=CN1)N1C=CC=CN1. The predicted molar refractivity (Wildman–Crippen MR) is 54.7 cm³/mol. The first kappa shape index (κ1) is 8.89. The lowest BCUT2D eigenvalue weighted by atomic mass is 10.5. The van der Waals surface area contributed by atoms with Crippen molar-refractivity contribution in [1.82, 2.24) is 19.7 Å². The molecule has 2 rings (SSSR count). The second-order valence-corrected chi connectivity index (χ2v) is 3.79. The molecular weight excluding hydrogens is 200 g/mol. The fraction of sp³-hybridized carbons (Fsp3) is 0. The second-order valence-electron chi connectivity index (χ2n) is 2.54. The normalized spacial score (nSPS) is 18.6. The first-order valence-electron chi connectivity index (χ1n) is 4.07. The van der Waals surface area contributed by atoms with E-state index in [4.69, 9.17) is 0 Å². The molecule has 14 heavy (non-hydrogen) atoms. The lowest BCUT2D eigenvalue weighted by molar-refractivity contribution is 0.419. The lowest BCUT2D eigenvalue weighted by Gasteiger charge is -2.27. The van der Waals surface area contributed by atoms with Crippen molar-refractivity contribution >= 4 is 11.2 Å². The Morgan fingerprint density at radius 2 is 1.36 bits per heavy atom. The van der Waals surface area contributed by atoms with Gasteiger partial charge in [0.15, 0.2) is 0 Å². The molecule has 0 aliphatic carbocycles. The largest absolute Gasteiger partial charge is 0.293 e. The fourth-order valence-electron chi connectivity index (χ4n) is 0.975. The first-order chi connectivity index (χ1) is 6.88. The van der Waals surface area contributed by atoms with Gasteiger partial charge in [0.2, 0.25) is 0 Å². The van der Waals surface area contributed by atoms with E-state index in [1.165, 1.54) is 8.83 Å². The van der Waals surface area contributed by atoms with E-state index < -0.39 is 11.2 Å². The van der Waals surface area contributed by atoms with Gasteiger partial charge in [0, 0.05) is 24.8 Å². The molecule has 5 nitrogen and oxygen atoms in total. The Hall–Kier alpha value is -1.69. The van der Waals surface area contributed by atoms with Crippen LogP contribution < -0.4 is 10.9 Å². The minimum Gasteiger partial charge on any atom is -0.293 e. The Kier molecular flexibility index (Phi) is 2.55. The molecular formula is C8H10N4OS. The van der Waals surface area contributed by atoms with E-state index in [0.717, 1.165) is 0 Å². The van der Waals surface area contributed by atoms with Gasteiger partial charge in [-0.05, 0) is 24.3 Å². The molecule has 2 aliphatic rings. The van der Waals surface area contributed by atoms with Crippen LogP contribution in [0.5, 0.6) is 0 Å². The molecule has 6 heteroatoms. The van der Waals surface area contributed by atoms with Crippen LogP contribution in [0.15, 0.2) is 49.1 Å². The summed E-state index contributed by atoms with van der Waals surface area (Å²) in [7, 11) is 0. The van der Waals surface area contributed by atoms with Gasteiger partial charge >= 0.3 is 0 Å². The molecule has 2 aliphatic heterocycles. The molecule has 0 radical (unpaired) electrons. The number of hydrogen-bond donors (Lipinski definition) is 2. The predicted octanol–water partition coefficient (Wildman–Crippen LogP) is 0.260. The summed E-state index contributed by atoms with van der Waals surface area (Å²) in [6, 6.07) is 0. The molecule has 0 fully saturated rings. The molecule has 0 aromatic carbocycles. The highest BCUT2D eigenvalue weighted by molar-refractivity contribution is 7.80. The molecule has 2 N–H and O–H groups in total. The van der Waals surface area contributed by atoms with Gasteiger partial charge < -0.3 is 0 Å². The van der Waals surface area contributed by atoms with Crippen molar-refractivity contribution < 1.29 is 4.21 Å². The molecule has 0 saturated heterocycles. The van der Waals surface area contributed by atoms with Crippen molar-refractivity contribution in [3.05, 3.63) is 49.1 Å². The number of hydrogen-bond acceptors (Lipinski definition) is 3. The zero-order valence-electron chi connectivity index (χ0n) is 7.33. The summed E-state index contributed by atoms with van der Waals surface area (Å²) in [6.07, 6.45) is 14.1. The highest BCUT2D eigenvalue weighted by Gasteiger charge is 2.15. The van der Waals surface area contributed by atoms with Crippen molar-refractivity contribution in [2.75, 3.05) is 0 Å². The molecule has 2 heterocycles. The summed E-state index contributed by atoms with van der Waals surface area (Å²) in [4.78, 5) is 0.